The van der Waals surface area contributed by atoms with Crippen molar-refractivity contribution in [1.29, 1.82) is 0 Å². The van der Waals surface area contributed by atoms with E-state index < -0.39 is 5.97 Å². The Morgan fingerprint density at radius 2 is 2.12 bits per heavy atom. The first-order valence-electron chi connectivity index (χ1n) is 7.78. The Balaban J connectivity index is 2.30. The van der Waals surface area contributed by atoms with Gasteiger partial charge in [0.2, 0.25) is 0 Å². The molecule has 126 valence electrons. The summed E-state index contributed by atoms with van der Waals surface area (Å²) >= 11 is 0. The standard InChI is InChI=1S/C18H20N2O4/c1-10(2)17-16(18(21)22)14-6-5-13(23-4)8-15(14)20(17)9-12-7-11(3)24-19-12/h5-8,10H,9H2,1-4H3,(H,21,22). The first kappa shape index (κ1) is 16.1. The van der Waals surface area contributed by atoms with Crippen molar-refractivity contribution in [1.82, 2.24) is 9.72 Å². The summed E-state index contributed by atoms with van der Waals surface area (Å²) in [5.74, 6) is 0.528. The molecule has 0 saturated carbocycles. The number of aromatic carboxylic acids is 1. The second kappa shape index (κ2) is 6.03. The third kappa shape index (κ3) is 2.64. The molecule has 6 heteroatoms. The molecule has 0 saturated heterocycles. The van der Waals surface area contributed by atoms with E-state index in [9.17, 15) is 9.90 Å². The minimum absolute atomic E-state index is 0.0440. The van der Waals surface area contributed by atoms with Crippen molar-refractivity contribution in [2.75, 3.05) is 7.11 Å². The van der Waals surface area contributed by atoms with Crippen molar-refractivity contribution < 1.29 is 19.2 Å². The molecule has 0 unspecified atom stereocenters. The number of aromatic nitrogens is 2. The van der Waals surface area contributed by atoms with Gasteiger partial charge >= 0.3 is 5.97 Å². The Morgan fingerprint density at radius 1 is 1.38 bits per heavy atom. The molecule has 0 bridgehead atoms. The molecule has 2 heterocycles. The highest BCUT2D eigenvalue weighted by Crippen LogP contribution is 2.34. The van der Waals surface area contributed by atoms with Gasteiger partial charge in [0, 0.05) is 23.2 Å². The topological polar surface area (TPSA) is 77.5 Å². The van der Waals surface area contributed by atoms with E-state index in [1.165, 1.54) is 0 Å². The van der Waals surface area contributed by atoms with Crippen LogP contribution in [0.4, 0.5) is 0 Å². The lowest BCUT2D eigenvalue weighted by Gasteiger charge is -2.13. The number of carboxylic acids is 1. The molecule has 0 aliphatic heterocycles. The van der Waals surface area contributed by atoms with Crippen molar-refractivity contribution in [2.24, 2.45) is 0 Å². The number of nitrogens with zero attached hydrogens (tertiary/aromatic N) is 2. The molecule has 1 aromatic carbocycles. The van der Waals surface area contributed by atoms with Gasteiger partial charge in [-0.1, -0.05) is 19.0 Å². The molecule has 0 amide bonds. The van der Waals surface area contributed by atoms with Crippen LogP contribution in [0.1, 0.15) is 47.3 Å². The van der Waals surface area contributed by atoms with Gasteiger partial charge in [-0.3, -0.25) is 0 Å². The average Bonchev–Trinajstić information content (AvgIpc) is 3.08. The van der Waals surface area contributed by atoms with E-state index in [-0.39, 0.29) is 5.92 Å². The number of hydrogen-bond acceptors (Lipinski definition) is 4. The molecule has 6 nitrogen and oxygen atoms in total. The average molecular weight is 328 g/mol. The van der Waals surface area contributed by atoms with Gasteiger partial charge in [0.25, 0.3) is 0 Å². The molecular formula is C18H20N2O4. The lowest BCUT2D eigenvalue weighted by Crippen LogP contribution is -2.10. The maximum atomic E-state index is 11.9. The number of carbonyl (C=O) groups is 1. The zero-order chi connectivity index (χ0) is 17.4. The number of carboxylic acid groups (broad SMARTS) is 1. The van der Waals surface area contributed by atoms with Gasteiger partial charge in [0.05, 0.1) is 24.7 Å². The minimum atomic E-state index is -0.927. The van der Waals surface area contributed by atoms with Crippen LogP contribution in [0, 0.1) is 6.92 Å². The van der Waals surface area contributed by atoms with Crippen molar-refractivity contribution in [2.45, 2.75) is 33.2 Å². The third-order valence-corrected chi connectivity index (χ3v) is 4.07. The van der Waals surface area contributed by atoms with Crippen molar-refractivity contribution >= 4 is 16.9 Å². The summed E-state index contributed by atoms with van der Waals surface area (Å²) in [5, 5.41) is 14.5. The van der Waals surface area contributed by atoms with Crippen LogP contribution in [0.3, 0.4) is 0 Å². The summed E-state index contributed by atoms with van der Waals surface area (Å²) < 4.78 is 12.4. The first-order chi connectivity index (χ1) is 11.4. The number of rotatable bonds is 5. The summed E-state index contributed by atoms with van der Waals surface area (Å²) in [5.41, 5.74) is 2.68. The molecule has 0 atom stereocenters. The number of ether oxygens (including phenoxy) is 1. The van der Waals surface area contributed by atoms with Crippen LogP contribution in [0.15, 0.2) is 28.8 Å². The summed E-state index contributed by atoms with van der Waals surface area (Å²) in [4.78, 5) is 11.9. The lowest BCUT2D eigenvalue weighted by molar-refractivity contribution is 0.0697. The maximum absolute atomic E-state index is 11.9. The van der Waals surface area contributed by atoms with Gasteiger partial charge in [0.1, 0.15) is 17.2 Å². The van der Waals surface area contributed by atoms with Crippen LogP contribution in [-0.2, 0) is 6.54 Å². The van der Waals surface area contributed by atoms with E-state index in [0.29, 0.717) is 23.2 Å². The van der Waals surface area contributed by atoms with Gasteiger partial charge < -0.3 is 18.9 Å². The van der Waals surface area contributed by atoms with E-state index in [1.807, 2.05) is 37.5 Å². The minimum Gasteiger partial charge on any atom is -0.497 e. The molecule has 1 N–H and O–H groups in total. The molecule has 0 radical (unpaired) electrons. The Morgan fingerprint density at radius 3 is 2.67 bits per heavy atom. The van der Waals surface area contributed by atoms with E-state index in [2.05, 4.69) is 5.16 Å². The Hall–Kier alpha value is -2.76. The Labute approximate surface area is 139 Å². The largest absolute Gasteiger partial charge is 0.497 e. The number of methoxy groups -OCH3 is 1. The maximum Gasteiger partial charge on any atom is 0.338 e. The van der Waals surface area contributed by atoms with Gasteiger partial charge in [-0.15, -0.1) is 0 Å². The van der Waals surface area contributed by atoms with E-state index >= 15 is 0 Å². The summed E-state index contributed by atoms with van der Waals surface area (Å²) in [6, 6.07) is 7.30. The van der Waals surface area contributed by atoms with E-state index in [0.717, 1.165) is 22.7 Å². The second-order valence-corrected chi connectivity index (χ2v) is 6.12. The second-order valence-electron chi connectivity index (χ2n) is 6.12. The molecule has 3 aromatic rings. The van der Waals surface area contributed by atoms with Crippen molar-refractivity contribution in [3.05, 3.63) is 47.0 Å². The molecular weight excluding hydrogens is 308 g/mol. The predicted molar refractivity (Wildman–Crippen MR) is 89.9 cm³/mol. The highest BCUT2D eigenvalue weighted by molar-refractivity contribution is 6.05. The molecule has 0 fully saturated rings. The van der Waals surface area contributed by atoms with Gasteiger partial charge in [0.15, 0.2) is 0 Å². The molecule has 0 aliphatic carbocycles. The fourth-order valence-corrected chi connectivity index (χ4v) is 3.13. The molecule has 0 aliphatic rings. The molecule has 0 spiro atoms. The molecule has 24 heavy (non-hydrogen) atoms. The van der Waals surface area contributed by atoms with Crippen LogP contribution in [-0.4, -0.2) is 27.9 Å². The Kier molecular flexibility index (Phi) is 4.05. The monoisotopic (exact) mass is 328 g/mol. The quantitative estimate of drug-likeness (QED) is 0.770. The lowest BCUT2D eigenvalue weighted by atomic mass is 10.0. The van der Waals surface area contributed by atoms with Crippen LogP contribution in [0.25, 0.3) is 10.9 Å². The highest BCUT2D eigenvalue weighted by atomic mass is 16.5. The zero-order valence-corrected chi connectivity index (χ0v) is 14.2. The number of hydrogen-bond donors (Lipinski definition) is 1. The molecule has 3 rings (SSSR count). The number of fused-ring (bicyclic) bond motifs is 1. The van der Waals surface area contributed by atoms with Crippen LogP contribution >= 0.6 is 0 Å². The summed E-state index contributed by atoms with van der Waals surface area (Å²) in [6.45, 7) is 6.26. The Bertz CT molecular complexity index is 905. The van der Waals surface area contributed by atoms with Crippen molar-refractivity contribution in [3.8, 4) is 5.75 Å². The van der Waals surface area contributed by atoms with Gasteiger partial charge in [-0.25, -0.2) is 4.79 Å². The first-order valence-corrected chi connectivity index (χ1v) is 7.78. The van der Waals surface area contributed by atoms with Crippen LogP contribution in [0.2, 0.25) is 0 Å². The smallest absolute Gasteiger partial charge is 0.338 e. The zero-order valence-electron chi connectivity index (χ0n) is 14.2. The predicted octanol–water partition coefficient (Wildman–Crippen LogP) is 3.82. The van der Waals surface area contributed by atoms with Crippen LogP contribution < -0.4 is 4.74 Å². The molecule has 2 aromatic heterocycles. The van der Waals surface area contributed by atoms with Crippen molar-refractivity contribution in [3.63, 3.8) is 0 Å². The van der Waals surface area contributed by atoms with E-state index in [4.69, 9.17) is 9.26 Å². The summed E-state index contributed by atoms with van der Waals surface area (Å²) in [7, 11) is 1.59. The highest BCUT2D eigenvalue weighted by Gasteiger charge is 2.25. The number of aryl methyl sites for hydroxylation is 1. The third-order valence-electron chi connectivity index (χ3n) is 4.07. The number of benzene rings is 1. The van der Waals surface area contributed by atoms with Crippen LogP contribution in [0.5, 0.6) is 5.75 Å². The summed E-state index contributed by atoms with van der Waals surface area (Å²) in [6.07, 6.45) is 0. The SMILES string of the molecule is COc1ccc2c(C(=O)O)c(C(C)C)n(Cc3cc(C)on3)c2c1. The fraction of sp³-hybridized carbons (Fsp3) is 0.333. The normalized spacial score (nSPS) is 11.4. The fourth-order valence-electron chi connectivity index (χ4n) is 3.13. The van der Waals surface area contributed by atoms with Gasteiger partial charge in [-0.05, 0) is 25.0 Å². The van der Waals surface area contributed by atoms with E-state index in [1.54, 1.807) is 19.2 Å². The van der Waals surface area contributed by atoms with Gasteiger partial charge in [-0.2, -0.15) is 0 Å².